The van der Waals surface area contributed by atoms with Crippen LogP contribution in [0.3, 0.4) is 0 Å². The highest BCUT2D eigenvalue weighted by atomic mass is 16.5. The van der Waals surface area contributed by atoms with Gasteiger partial charge in [0.05, 0.1) is 14.2 Å². The van der Waals surface area contributed by atoms with Gasteiger partial charge >= 0.3 is 0 Å². The lowest BCUT2D eigenvalue weighted by Gasteiger charge is -2.35. The number of hydrogen-bond acceptors (Lipinski definition) is 4. The summed E-state index contributed by atoms with van der Waals surface area (Å²) < 4.78 is 10.5. The van der Waals surface area contributed by atoms with Gasteiger partial charge in [0.25, 0.3) is 5.91 Å². The van der Waals surface area contributed by atoms with E-state index >= 15 is 0 Å². The number of amides is 2. The smallest absolute Gasteiger partial charge is 0.254 e. The van der Waals surface area contributed by atoms with E-state index in [0.717, 1.165) is 12.8 Å². The van der Waals surface area contributed by atoms with Gasteiger partial charge in [-0.3, -0.25) is 9.59 Å². The highest BCUT2D eigenvalue weighted by Crippen LogP contribution is 2.28. The first-order chi connectivity index (χ1) is 14.5. The molecule has 2 amide bonds. The number of piperazine rings is 1. The Bertz CT molecular complexity index is 871. The van der Waals surface area contributed by atoms with Gasteiger partial charge in [0.15, 0.2) is 11.5 Å². The van der Waals surface area contributed by atoms with Crippen LogP contribution in [0.15, 0.2) is 42.5 Å². The molecule has 0 bridgehead atoms. The highest BCUT2D eigenvalue weighted by Gasteiger charge is 2.25. The fourth-order valence-corrected chi connectivity index (χ4v) is 3.67. The van der Waals surface area contributed by atoms with Crippen LogP contribution in [0.1, 0.15) is 34.3 Å². The Balaban J connectivity index is 1.47. The third-order valence-corrected chi connectivity index (χ3v) is 5.53. The largest absolute Gasteiger partial charge is 0.493 e. The van der Waals surface area contributed by atoms with Gasteiger partial charge in [-0.1, -0.05) is 29.8 Å². The van der Waals surface area contributed by atoms with Crippen LogP contribution in [0.5, 0.6) is 11.5 Å². The van der Waals surface area contributed by atoms with Crippen LogP contribution in [-0.2, 0) is 11.2 Å². The molecule has 1 heterocycles. The summed E-state index contributed by atoms with van der Waals surface area (Å²) in [5.74, 6) is 1.24. The van der Waals surface area contributed by atoms with Crippen molar-refractivity contribution >= 4 is 11.8 Å². The van der Waals surface area contributed by atoms with Gasteiger partial charge in [-0.05, 0) is 43.5 Å². The lowest BCUT2D eigenvalue weighted by atomic mass is 10.1. The third-order valence-electron chi connectivity index (χ3n) is 5.53. The van der Waals surface area contributed by atoms with Gasteiger partial charge in [-0.15, -0.1) is 0 Å². The number of methoxy groups -OCH3 is 2. The predicted octanol–water partition coefficient (Wildman–Crippen LogP) is 3.32. The minimum Gasteiger partial charge on any atom is -0.493 e. The van der Waals surface area contributed by atoms with E-state index in [4.69, 9.17) is 9.47 Å². The second-order valence-electron chi connectivity index (χ2n) is 7.58. The molecule has 0 N–H and O–H groups in total. The Kier molecular flexibility index (Phi) is 7.33. The Hall–Kier alpha value is -3.02. The molecule has 0 aromatic heterocycles. The molecule has 0 aliphatic carbocycles. The fourth-order valence-electron chi connectivity index (χ4n) is 3.67. The fraction of sp³-hybridized carbons (Fsp3) is 0.417. The quantitative estimate of drug-likeness (QED) is 0.703. The summed E-state index contributed by atoms with van der Waals surface area (Å²) >= 11 is 0. The predicted molar refractivity (Wildman–Crippen MR) is 116 cm³/mol. The Morgan fingerprint density at radius 1 is 0.867 bits per heavy atom. The molecule has 0 radical (unpaired) electrons. The van der Waals surface area contributed by atoms with Crippen molar-refractivity contribution in [3.63, 3.8) is 0 Å². The summed E-state index contributed by atoms with van der Waals surface area (Å²) in [5, 5.41) is 0. The standard InChI is InChI=1S/C24H30N2O4/c1-18-7-9-19(10-8-18)5-4-6-23(27)25-13-15-26(16-14-25)24(28)20-11-12-21(29-2)22(17-20)30-3/h7-12,17H,4-6,13-16H2,1-3H3. The highest BCUT2D eigenvalue weighted by molar-refractivity contribution is 5.95. The van der Waals surface area contributed by atoms with Crippen LogP contribution >= 0.6 is 0 Å². The molecule has 0 atom stereocenters. The second-order valence-corrected chi connectivity index (χ2v) is 7.58. The second kappa shape index (κ2) is 10.1. The lowest BCUT2D eigenvalue weighted by molar-refractivity contribution is -0.132. The van der Waals surface area contributed by atoms with Gasteiger partial charge in [-0.2, -0.15) is 0 Å². The van der Waals surface area contributed by atoms with Crippen molar-refractivity contribution in [1.82, 2.24) is 9.80 Å². The number of carbonyl (C=O) groups is 2. The molecule has 0 unspecified atom stereocenters. The zero-order valence-corrected chi connectivity index (χ0v) is 18.0. The minimum atomic E-state index is -0.0533. The van der Waals surface area contributed by atoms with Crippen molar-refractivity contribution in [1.29, 1.82) is 0 Å². The van der Waals surface area contributed by atoms with E-state index in [1.54, 1.807) is 37.3 Å². The summed E-state index contributed by atoms with van der Waals surface area (Å²) in [6, 6.07) is 13.6. The molecular formula is C24H30N2O4. The van der Waals surface area contributed by atoms with E-state index in [0.29, 0.717) is 49.7 Å². The summed E-state index contributed by atoms with van der Waals surface area (Å²) in [4.78, 5) is 29.0. The van der Waals surface area contributed by atoms with E-state index in [-0.39, 0.29) is 11.8 Å². The average Bonchev–Trinajstić information content (AvgIpc) is 2.79. The van der Waals surface area contributed by atoms with E-state index < -0.39 is 0 Å². The van der Waals surface area contributed by atoms with E-state index in [1.165, 1.54) is 11.1 Å². The first-order valence-corrected chi connectivity index (χ1v) is 10.4. The Morgan fingerprint density at radius 3 is 2.13 bits per heavy atom. The lowest BCUT2D eigenvalue weighted by Crippen LogP contribution is -2.50. The normalized spacial score (nSPS) is 13.8. The van der Waals surface area contributed by atoms with Crippen molar-refractivity contribution in [3.05, 3.63) is 59.2 Å². The number of carbonyl (C=O) groups excluding carboxylic acids is 2. The molecule has 160 valence electrons. The van der Waals surface area contributed by atoms with Crippen molar-refractivity contribution < 1.29 is 19.1 Å². The molecule has 1 fully saturated rings. The summed E-state index contributed by atoms with van der Waals surface area (Å²) in [5.41, 5.74) is 3.07. The zero-order valence-electron chi connectivity index (χ0n) is 18.0. The molecular weight excluding hydrogens is 380 g/mol. The average molecular weight is 411 g/mol. The van der Waals surface area contributed by atoms with Crippen LogP contribution in [0, 0.1) is 6.92 Å². The first-order valence-electron chi connectivity index (χ1n) is 10.4. The van der Waals surface area contributed by atoms with E-state index in [9.17, 15) is 9.59 Å². The summed E-state index contributed by atoms with van der Waals surface area (Å²) in [7, 11) is 3.12. The van der Waals surface area contributed by atoms with E-state index in [2.05, 4.69) is 31.2 Å². The Morgan fingerprint density at radius 2 is 1.50 bits per heavy atom. The van der Waals surface area contributed by atoms with Crippen LogP contribution in [0.25, 0.3) is 0 Å². The van der Waals surface area contributed by atoms with Gasteiger partial charge in [0, 0.05) is 38.2 Å². The maximum atomic E-state index is 12.8. The molecule has 3 rings (SSSR count). The number of rotatable bonds is 7. The number of nitrogens with zero attached hydrogens (tertiary/aromatic N) is 2. The van der Waals surface area contributed by atoms with E-state index in [1.807, 2.05) is 4.90 Å². The van der Waals surface area contributed by atoms with Crippen LogP contribution < -0.4 is 9.47 Å². The summed E-state index contributed by atoms with van der Waals surface area (Å²) in [6.45, 7) is 4.29. The molecule has 0 saturated carbocycles. The number of hydrogen-bond donors (Lipinski definition) is 0. The molecule has 6 heteroatoms. The van der Waals surface area contributed by atoms with Crippen molar-refractivity contribution in [2.45, 2.75) is 26.2 Å². The molecule has 0 spiro atoms. The molecule has 1 aliphatic rings. The molecule has 1 aliphatic heterocycles. The third kappa shape index (κ3) is 5.32. The Labute approximate surface area is 178 Å². The van der Waals surface area contributed by atoms with Gasteiger partial charge in [-0.25, -0.2) is 0 Å². The molecule has 2 aromatic rings. The number of benzene rings is 2. The molecule has 30 heavy (non-hydrogen) atoms. The molecule has 2 aromatic carbocycles. The monoisotopic (exact) mass is 410 g/mol. The van der Waals surface area contributed by atoms with Crippen molar-refractivity contribution in [2.24, 2.45) is 0 Å². The minimum absolute atomic E-state index is 0.0533. The number of aryl methyl sites for hydroxylation is 2. The first kappa shape index (κ1) is 21.7. The maximum absolute atomic E-state index is 12.8. The topological polar surface area (TPSA) is 59.1 Å². The van der Waals surface area contributed by atoms with Gasteiger partial charge in [0.1, 0.15) is 0 Å². The zero-order chi connectivity index (χ0) is 21.5. The maximum Gasteiger partial charge on any atom is 0.254 e. The molecule has 6 nitrogen and oxygen atoms in total. The van der Waals surface area contributed by atoms with Crippen LogP contribution in [0.4, 0.5) is 0 Å². The van der Waals surface area contributed by atoms with Crippen LogP contribution in [0.2, 0.25) is 0 Å². The van der Waals surface area contributed by atoms with Crippen LogP contribution in [-0.4, -0.2) is 62.0 Å². The molecule has 1 saturated heterocycles. The number of ether oxygens (including phenoxy) is 2. The van der Waals surface area contributed by atoms with Gasteiger partial charge < -0.3 is 19.3 Å². The van der Waals surface area contributed by atoms with Crippen molar-refractivity contribution in [2.75, 3.05) is 40.4 Å². The van der Waals surface area contributed by atoms with Gasteiger partial charge in [0.2, 0.25) is 5.91 Å². The summed E-state index contributed by atoms with van der Waals surface area (Å²) in [6.07, 6.45) is 2.29. The van der Waals surface area contributed by atoms with Crippen molar-refractivity contribution in [3.8, 4) is 11.5 Å². The SMILES string of the molecule is COc1ccc(C(=O)N2CCN(C(=O)CCCc3ccc(C)cc3)CC2)cc1OC.